The first-order chi connectivity index (χ1) is 16.3. The number of hydrogen-bond acceptors (Lipinski definition) is 4. The first kappa shape index (κ1) is 23.6. The number of nitrogens with zero attached hydrogens (tertiary/aromatic N) is 3. The lowest BCUT2D eigenvalue weighted by Crippen LogP contribution is -2.40. The number of aryl methyl sites for hydroxylation is 2. The van der Waals surface area contributed by atoms with Gasteiger partial charge in [0.25, 0.3) is 5.56 Å². The fourth-order valence-corrected chi connectivity index (χ4v) is 4.51. The Kier molecular flexibility index (Phi) is 6.80. The minimum Gasteiger partial charge on any atom is -0.396 e. The molecule has 0 aliphatic heterocycles. The van der Waals surface area contributed by atoms with Gasteiger partial charge in [0, 0.05) is 32.0 Å². The lowest BCUT2D eigenvalue weighted by atomic mass is 9.88. The van der Waals surface area contributed by atoms with Crippen molar-refractivity contribution in [1.82, 2.24) is 14.1 Å². The van der Waals surface area contributed by atoms with Crippen LogP contribution >= 0.6 is 0 Å². The second-order valence-electron chi connectivity index (χ2n) is 9.13. The van der Waals surface area contributed by atoms with Crippen molar-refractivity contribution in [3.05, 3.63) is 97.8 Å². The molecule has 0 atom stereocenters. The van der Waals surface area contributed by atoms with E-state index in [0.717, 1.165) is 22.3 Å². The zero-order valence-electron chi connectivity index (χ0n) is 20.2. The Balaban J connectivity index is 2.09. The Morgan fingerprint density at radius 3 is 2.38 bits per heavy atom. The topological polar surface area (TPSA) is 77.1 Å². The highest BCUT2D eigenvalue weighted by molar-refractivity contribution is 5.87. The number of aliphatic hydroxyl groups is 1. The van der Waals surface area contributed by atoms with Crippen LogP contribution in [0.3, 0.4) is 0 Å². The van der Waals surface area contributed by atoms with Gasteiger partial charge < -0.3 is 5.11 Å². The lowest BCUT2D eigenvalue weighted by molar-refractivity contribution is 0.277. The van der Waals surface area contributed by atoms with Crippen LogP contribution in [0, 0.1) is 6.92 Å². The van der Waals surface area contributed by atoms with Crippen molar-refractivity contribution in [1.29, 1.82) is 0 Å². The van der Waals surface area contributed by atoms with Crippen LogP contribution < -0.4 is 11.2 Å². The molecule has 1 N–H and O–H groups in total. The average molecular weight is 458 g/mol. The number of fused-ring (bicyclic) bond motifs is 1. The van der Waals surface area contributed by atoms with Crippen molar-refractivity contribution in [3.63, 3.8) is 0 Å². The predicted molar refractivity (Wildman–Crippen MR) is 136 cm³/mol. The van der Waals surface area contributed by atoms with Gasteiger partial charge in [0.1, 0.15) is 5.65 Å². The first-order valence-corrected chi connectivity index (χ1v) is 11.7. The molecule has 0 unspecified atom stereocenters. The summed E-state index contributed by atoms with van der Waals surface area (Å²) in [5, 5.41) is 9.76. The molecule has 0 amide bonds. The van der Waals surface area contributed by atoms with E-state index in [9.17, 15) is 14.7 Å². The van der Waals surface area contributed by atoms with E-state index in [1.807, 2.05) is 19.1 Å². The van der Waals surface area contributed by atoms with Gasteiger partial charge in [-0.25, -0.2) is 9.78 Å². The minimum atomic E-state index is -0.421. The summed E-state index contributed by atoms with van der Waals surface area (Å²) < 4.78 is 2.65. The van der Waals surface area contributed by atoms with Crippen LogP contribution in [0.1, 0.15) is 48.4 Å². The molecule has 0 saturated heterocycles. The van der Waals surface area contributed by atoms with Crippen LogP contribution in [0.5, 0.6) is 0 Å². The fraction of sp³-hybridized carbons (Fsp3) is 0.321. The quantitative estimate of drug-likeness (QED) is 0.452. The van der Waals surface area contributed by atoms with Crippen molar-refractivity contribution in [3.8, 4) is 11.1 Å². The molecule has 4 rings (SSSR count). The molecule has 176 valence electrons. The normalized spacial score (nSPS) is 11.5. The van der Waals surface area contributed by atoms with E-state index in [1.54, 1.807) is 13.2 Å². The highest BCUT2D eigenvalue weighted by Crippen LogP contribution is 2.34. The number of rotatable bonds is 7. The minimum absolute atomic E-state index is 0.0933. The Labute approximate surface area is 199 Å². The Morgan fingerprint density at radius 2 is 1.71 bits per heavy atom. The number of benzene rings is 2. The molecule has 6 nitrogen and oxygen atoms in total. The van der Waals surface area contributed by atoms with E-state index < -0.39 is 5.69 Å². The SMILES string of the molecule is Cc1ccc(Cc2c(-c3ccccc3C(C)C)cnc3c2c(=O)n(CCCO)c(=O)n3C)cc1. The van der Waals surface area contributed by atoms with E-state index >= 15 is 0 Å². The molecule has 0 spiro atoms. The maximum Gasteiger partial charge on any atom is 0.332 e. The van der Waals surface area contributed by atoms with Gasteiger partial charge in [-0.3, -0.25) is 13.9 Å². The summed E-state index contributed by atoms with van der Waals surface area (Å²) in [6.07, 6.45) is 2.66. The maximum absolute atomic E-state index is 13.7. The summed E-state index contributed by atoms with van der Waals surface area (Å²) in [5.41, 5.74) is 5.84. The molecular formula is C28H31N3O3. The van der Waals surface area contributed by atoms with Crippen LogP contribution in [0.2, 0.25) is 0 Å². The maximum atomic E-state index is 13.7. The fourth-order valence-electron chi connectivity index (χ4n) is 4.51. The highest BCUT2D eigenvalue weighted by atomic mass is 16.3. The summed E-state index contributed by atoms with van der Waals surface area (Å²) in [7, 11) is 1.64. The molecule has 0 aliphatic carbocycles. The van der Waals surface area contributed by atoms with Gasteiger partial charge in [-0.1, -0.05) is 67.9 Å². The Bertz CT molecular complexity index is 1450. The van der Waals surface area contributed by atoms with Crippen molar-refractivity contribution in [2.75, 3.05) is 6.61 Å². The molecular weight excluding hydrogens is 426 g/mol. The first-order valence-electron chi connectivity index (χ1n) is 11.7. The van der Waals surface area contributed by atoms with Gasteiger partial charge in [-0.15, -0.1) is 0 Å². The lowest BCUT2D eigenvalue weighted by Gasteiger charge is -2.19. The molecule has 4 aromatic rings. The molecule has 0 fully saturated rings. The number of aromatic nitrogens is 3. The molecule has 2 aromatic heterocycles. The van der Waals surface area contributed by atoms with Crippen molar-refractivity contribution in [2.45, 2.75) is 46.1 Å². The van der Waals surface area contributed by atoms with Crippen LogP contribution in [-0.4, -0.2) is 25.8 Å². The van der Waals surface area contributed by atoms with E-state index in [4.69, 9.17) is 0 Å². The smallest absolute Gasteiger partial charge is 0.332 e. The van der Waals surface area contributed by atoms with Gasteiger partial charge in [0.15, 0.2) is 0 Å². The molecule has 34 heavy (non-hydrogen) atoms. The Hall–Kier alpha value is -3.51. The summed E-state index contributed by atoms with van der Waals surface area (Å²) in [6.45, 7) is 6.42. The monoisotopic (exact) mass is 457 g/mol. The molecule has 2 heterocycles. The summed E-state index contributed by atoms with van der Waals surface area (Å²) in [4.78, 5) is 31.2. The third-order valence-corrected chi connectivity index (χ3v) is 6.38. The van der Waals surface area contributed by atoms with E-state index in [0.29, 0.717) is 29.8 Å². The molecule has 6 heteroatoms. The zero-order chi connectivity index (χ0) is 24.4. The highest BCUT2D eigenvalue weighted by Gasteiger charge is 2.21. The van der Waals surface area contributed by atoms with Gasteiger partial charge >= 0.3 is 5.69 Å². The largest absolute Gasteiger partial charge is 0.396 e. The molecule has 0 aliphatic rings. The van der Waals surface area contributed by atoms with Gasteiger partial charge in [0.05, 0.1) is 5.39 Å². The van der Waals surface area contributed by atoms with E-state index in [-0.39, 0.29) is 18.7 Å². The van der Waals surface area contributed by atoms with Crippen molar-refractivity contribution < 1.29 is 5.11 Å². The molecule has 2 aromatic carbocycles. The molecule has 0 radical (unpaired) electrons. The average Bonchev–Trinajstić information content (AvgIpc) is 2.83. The van der Waals surface area contributed by atoms with E-state index in [1.165, 1.54) is 20.3 Å². The second kappa shape index (κ2) is 9.77. The van der Waals surface area contributed by atoms with Gasteiger partial charge in [-0.2, -0.15) is 0 Å². The standard InChI is InChI=1S/C28H31N3O3/c1-18(2)21-8-5-6-9-22(21)24-17-29-26-25(23(24)16-20-12-10-19(3)11-13-20)27(33)31(14-7-15-32)28(34)30(26)4/h5-6,8-13,17-18,32H,7,14-16H2,1-4H3. The summed E-state index contributed by atoms with van der Waals surface area (Å²) in [6, 6.07) is 16.5. The second-order valence-corrected chi connectivity index (χ2v) is 9.13. The van der Waals surface area contributed by atoms with Crippen molar-refractivity contribution >= 4 is 11.0 Å². The van der Waals surface area contributed by atoms with Crippen molar-refractivity contribution in [2.24, 2.45) is 7.05 Å². The van der Waals surface area contributed by atoms with Gasteiger partial charge in [-0.05, 0) is 47.9 Å². The Morgan fingerprint density at radius 1 is 1.00 bits per heavy atom. The van der Waals surface area contributed by atoms with Crippen LogP contribution in [0.4, 0.5) is 0 Å². The zero-order valence-corrected chi connectivity index (χ0v) is 20.2. The summed E-state index contributed by atoms with van der Waals surface area (Å²) in [5.74, 6) is 0.292. The van der Waals surface area contributed by atoms with E-state index in [2.05, 4.69) is 55.2 Å². The number of hydrogen-bond donors (Lipinski definition) is 1. The molecule has 0 bridgehead atoms. The number of pyridine rings is 1. The van der Waals surface area contributed by atoms with Crippen LogP contribution in [0.15, 0.2) is 64.3 Å². The van der Waals surface area contributed by atoms with Crippen LogP contribution in [0.25, 0.3) is 22.2 Å². The third kappa shape index (κ3) is 4.33. The predicted octanol–water partition coefficient (Wildman–Crippen LogP) is 4.17. The molecule has 0 saturated carbocycles. The van der Waals surface area contributed by atoms with Crippen LogP contribution in [-0.2, 0) is 20.0 Å². The summed E-state index contributed by atoms with van der Waals surface area (Å²) >= 11 is 0. The van der Waals surface area contributed by atoms with Gasteiger partial charge in [0.2, 0.25) is 0 Å². The number of aliphatic hydroxyl groups excluding tert-OH is 1. The third-order valence-electron chi connectivity index (χ3n) is 6.38.